The van der Waals surface area contributed by atoms with E-state index >= 15 is 0 Å². The quantitative estimate of drug-likeness (QED) is 0.716. The van der Waals surface area contributed by atoms with Crippen molar-refractivity contribution < 1.29 is 14.7 Å². The van der Waals surface area contributed by atoms with Crippen LogP contribution in [0.3, 0.4) is 0 Å². The molecule has 1 aromatic rings. The predicted molar refractivity (Wildman–Crippen MR) is 94.4 cm³/mol. The average Bonchev–Trinajstić information content (AvgIpc) is 2.48. The molecule has 0 heterocycles. The topological polar surface area (TPSA) is 81.7 Å². The molecule has 3 N–H and O–H groups in total. The number of carboxylic acids is 1. The summed E-state index contributed by atoms with van der Waals surface area (Å²) in [5, 5.41) is 14.8. The Kier molecular flexibility index (Phi) is 6.20. The third-order valence-corrected chi connectivity index (χ3v) is 4.54. The number of rotatable bonds is 7. The standard InChI is InChI=1S/C18H27N3O3/c1-4-21(11-17(22)23)14-9-13(10-14)19-18(24)20-16-8-6-5-7-15(16)12(2)3/h5-8,12-14H,4,9-11H2,1-3H3,(H,22,23)(H2,19,20,24). The van der Waals surface area contributed by atoms with E-state index in [4.69, 9.17) is 5.11 Å². The van der Waals surface area contributed by atoms with Crippen LogP contribution in [0, 0.1) is 0 Å². The summed E-state index contributed by atoms with van der Waals surface area (Å²) in [5.74, 6) is -0.472. The highest BCUT2D eigenvalue weighted by atomic mass is 16.4. The molecule has 1 aromatic carbocycles. The van der Waals surface area contributed by atoms with Crippen molar-refractivity contribution in [1.29, 1.82) is 0 Å². The van der Waals surface area contributed by atoms with Crippen LogP contribution < -0.4 is 10.6 Å². The first-order chi connectivity index (χ1) is 11.4. The fourth-order valence-electron chi connectivity index (χ4n) is 3.13. The molecular weight excluding hydrogens is 306 g/mol. The monoisotopic (exact) mass is 333 g/mol. The maximum atomic E-state index is 12.2. The zero-order valence-corrected chi connectivity index (χ0v) is 14.6. The summed E-state index contributed by atoms with van der Waals surface area (Å²) in [4.78, 5) is 25.0. The Morgan fingerprint density at radius 1 is 1.29 bits per heavy atom. The van der Waals surface area contributed by atoms with Gasteiger partial charge in [-0.05, 0) is 36.9 Å². The highest BCUT2D eigenvalue weighted by Crippen LogP contribution is 2.26. The zero-order chi connectivity index (χ0) is 17.7. The lowest BCUT2D eigenvalue weighted by molar-refractivity contribution is -0.139. The van der Waals surface area contributed by atoms with E-state index < -0.39 is 5.97 Å². The lowest BCUT2D eigenvalue weighted by Crippen LogP contribution is -2.55. The summed E-state index contributed by atoms with van der Waals surface area (Å²) in [7, 11) is 0. The Labute approximate surface area is 143 Å². The fourth-order valence-corrected chi connectivity index (χ4v) is 3.13. The third kappa shape index (κ3) is 4.71. The number of para-hydroxylation sites is 1. The molecular formula is C18H27N3O3. The van der Waals surface area contributed by atoms with Gasteiger partial charge in [0.2, 0.25) is 0 Å². The van der Waals surface area contributed by atoms with Gasteiger partial charge in [-0.15, -0.1) is 0 Å². The van der Waals surface area contributed by atoms with Crippen molar-refractivity contribution in [2.75, 3.05) is 18.4 Å². The van der Waals surface area contributed by atoms with Crippen molar-refractivity contribution in [3.8, 4) is 0 Å². The van der Waals surface area contributed by atoms with Gasteiger partial charge in [0.25, 0.3) is 0 Å². The van der Waals surface area contributed by atoms with E-state index in [-0.39, 0.29) is 24.7 Å². The van der Waals surface area contributed by atoms with Crippen molar-refractivity contribution >= 4 is 17.7 Å². The Bertz CT molecular complexity index is 583. The molecule has 0 unspecified atom stereocenters. The van der Waals surface area contributed by atoms with Crippen molar-refractivity contribution in [2.45, 2.75) is 51.6 Å². The van der Waals surface area contributed by atoms with Crippen LogP contribution in [-0.4, -0.2) is 47.2 Å². The van der Waals surface area contributed by atoms with Crippen LogP contribution in [-0.2, 0) is 4.79 Å². The number of carbonyl (C=O) groups is 2. The molecule has 0 radical (unpaired) electrons. The molecule has 24 heavy (non-hydrogen) atoms. The van der Waals surface area contributed by atoms with E-state index in [1.807, 2.05) is 36.1 Å². The van der Waals surface area contributed by atoms with Crippen LogP contribution in [0.4, 0.5) is 10.5 Å². The number of hydrogen-bond donors (Lipinski definition) is 3. The predicted octanol–water partition coefficient (Wildman–Crippen LogP) is 2.87. The Hall–Kier alpha value is -2.08. The van der Waals surface area contributed by atoms with Gasteiger partial charge in [0, 0.05) is 17.8 Å². The van der Waals surface area contributed by atoms with Gasteiger partial charge in [0.15, 0.2) is 0 Å². The van der Waals surface area contributed by atoms with Gasteiger partial charge in [-0.1, -0.05) is 39.0 Å². The first-order valence-electron chi connectivity index (χ1n) is 8.53. The highest BCUT2D eigenvalue weighted by molar-refractivity contribution is 5.90. The molecule has 0 saturated heterocycles. The van der Waals surface area contributed by atoms with Crippen LogP contribution in [0.5, 0.6) is 0 Å². The minimum Gasteiger partial charge on any atom is -0.480 e. The molecule has 0 aliphatic heterocycles. The van der Waals surface area contributed by atoms with Crippen LogP contribution in [0.2, 0.25) is 0 Å². The van der Waals surface area contributed by atoms with Gasteiger partial charge < -0.3 is 15.7 Å². The molecule has 1 fully saturated rings. The van der Waals surface area contributed by atoms with Crippen LogP contribution >= 0.6 is 0 Å². The maximum absolute atomic E-state index is 12.2. The Morgan fingerprint density at radius 3 is 2.54 bits per heavy atom. The number of carbonyl (C=O) groups excluding carboxylic acids is 1. The Morgan fingerprint density at radius 2 is 1.96 bits per heavy atom. The normalized spacial score (nSPS) is 19.9. The molecule has 2 rings (SSSR count). The van der Waals surface area contributed by atoms with Crippen LogP contribution in [0.15, 0.2) is 24.3 Å². The van der Waals surface area contributed by atoms with Gasteiger partial charge in [-0.3, -0.25) is 9.69 Å². The fraction of sp³-hybridized carbons (Fsp3) is 0.556. The van der Waals surface area contributed by atoms with Crippen molar-refractivity contribution in [3.63, 3.8) is 0 Å². The third-order valence-electron chi connectivity index (χ3n) is 4.54. The minimum atomic E-state index is -0.809. The molecule has 0 atom stereocenters. The molecule has 1 aliphatic rings. The van der Waals surface area contributed by atoms with E-state index in [2.05, 4.69) is 24.5 Å². The molecule has 132 valence electrons. The lowest BCUT2D eigenvalue weighted by Gasteiger charge is -2.42. The first kappa shape index (κ1) is 18.3. The number of urea groups is 1. The van der Waals surface area contributed by atoms with Gasteiger partial charge >= 0.3 is 12.0 Å². The van der Waals surface area contributed by atoms with Crippen molar-refractivity contribution in [1.82, 2.24) is 10.2 Å². The van der Waals surface area contributed by atoms with Crippen molar-refractivity contribution in [2.24, 2.45) is 0 Å². The SMILES string of the molecule is CCN(CC(=O)O)C1CC(NC(=O)Nc2ccccc2C(C)C)C1. The molecule has 0 aromatic heterocycles. The maximum Gasteiger partial charge on any atom is 0.319 e. The smallest absolute Gasteiger partial charge is 0.319 e. The number of nitrogens with zero attached hydrogens (tertiary/aromatic N) is 1. The summed E-state index contributed by atoms with van der Waals surface area (Å²) in [6.45, 7) is 6.91. The number of benzene rings is 1. The summed E-state index contributed by atoms with van der Waals surface area (Å²) in [5.41, 5.74) is 1.94. The summed E-state index contributed by atoms with van der Waals surface area (Å²) < 4.78 is 0. The van der Waals surface area contributed by atoms with Crippen LogP contribution in [0.1, 0.15) is 45.1 Å². The van der Waals surface area contributed by atoms with Gasteiger partial charge in [0.05, 0.1) is 6.54 Å². The Balaban J connectivity index is 1.82. The molecule has 0 spiro atoms. The van der Waals surface area contributed by atoms with E-state index in [1.54, 1.807) is 0 Å². The first-order valence-corrected chi connectivity index (χ1v) is 8.53. The van der Waals surface area contributed by atoms with Crippen molar-refractivity contribution in [3.05, 3.63) is 29.8 Å². The average molecular weight is 333 g/mol. The van der Waals surface area contributed by atoms with E-state index in [1.165, 1.54) is 0 Å². The molecule has 6 heteroatoms. The molecule has 1 aliphatic carbocycles. The number of likely N-dealkylation sites (N-methyl/N-ethyl adjacent to an activating group) is 1. The largest absolute Gasteiger partial charge is 0.480 e. The summed E-state index contributed by atoms with van der Waals surface area (Å²) in [6.07, 6.45) is 1.58. The van der Waals surface area contributed by atoms with E-state index in [0.29, 0.717) is 12.5 Å². The molecule has 6 nitrogen and oxygen atoms in total. The summed E-state index contributed by atoms with van der Waals surface area (Å²) >= 11 is 0. The van der Waals surface area contributed by atoms with Gasteiger partial charge in [-0.25, -0.2) is 4.79 Å². The molecule has 0 bridgehead atoms. The highest BCUT2D eigenvalue weighted by Gasteiger charge is 2.34. The number of amides is 2. The molecule has 1 saturated carbocycles. The number of nitrogens with one attached hydrogen (secondary N) is 2. The summed E-state index contributed by atoms with van der Waals surface area (Å²) in [6, 6.07) is 7.94. The second kappa shape index (κ2) is 8.15. The van der Waals surface area contributed by atoms with Gasteiger partial charge in [0.1, 0.15) is 0 Å². The second-order valence-corrected chi connectivity index (χ2v) is 6.62. The van der Waals surface area contributed by atoms with E-state index in [9.17, 15) is 9.59 Å². The lowest BCUT2D eigenvalue weighted by atomic mass is 9.85. The zero-order valence-electron chi connectivity index (χ0n) is 14.6. The molecule has 2 amide bonds. The number of hydrogen-bond acceptors (Lipinski definition) is 3. The second-order valence-electron chi connectivity index (χ2n) is 6.62. The van der Waals surface area contributed by atoms with Gasteiger partial charge in [-0.2, -0.15) is 0 Å². The van der Waals surface area contributed by atoms with E-state index in [0.717, 1.165) is 24.1 Å². The number of carboxylic acid groups (broad SMARTS) is 1. The van der Waals surface area contributed by atoms with Crippen LogP contribution in [0.25, 0.3) is 0 Å². The number of aliphatic carboxylic acids is 1. The number of anilines is 1. The minimum absolute atomic E-state index is 0.0574.